The van der Waals surface area contributed by atoms with E-state index in [-0.39, 0.29) is 30.3 Å². The number of unbranched alkanes of at least 4 members (excludes halogenated alkanes) is 1. The van der Waals surface area contributed by atoms with Gasteiger partial charge in [0.05, 0.1) is 16.9 Å². The summed E-state index contributed by atoms with van der Waals surface area (Å²) in [6, 6.07) is -1.50. The quantitative estimate of drug-likeness (QED) is 0.161. The predicted octanol–water partition coefficient (Wildman–Crippen LogP) is 1.62. The van der Waals surface area contributed by atoms with E-state index in [9.17, 15) is 34.2 Å². The SMILES string of the molecule is CN[C@H](CCCCNC(=O)CC[C@H](NC(=O)C(C)(C)C(C)(C)C(=O)O)C(=O)O)C(=O)P(C)C. The Kier molecular flexibility index (Phi) is 12.8. The van der Waals surface area contributed by atoms with Gasteiger partial charge in [-0.25, -0.2) is 4.79 Å². The van der Waals surface area contributed by atoms with Crippen LogP contribution in [0.3, 0.4) is 0 Å². The molecule has 5 N–H and O–H groups in total. The van der Waals surface area contributed by atoms with Crippen LogP contribution in [0.1, 0.15) is 59.8 Å². The van der Waals surface area contributed by atoms with Crippen LogP contribution in [-0.2, 0) is 24.0 Å². The van der Waals surface area contributed by atoms with E-state index in [0.29, 0.717) is 19.4 Å². The monoisotopic (exact) mass is 489 g/mol. The fourth-order valence-electron chi connectivity index (χ4n) is 2.92. The van der Waals surface area contributed by atoms with Crippen molar-refractivity contribution in [1.82, 2.24) is 16.0 Å². The van der Waals surface area contributed by atoms with Gasteiger partial charge < -0.3 is 26.2 Å². The van der Waals surface area contributed by atoms with Gasteiger partial charge in [-0.05, 0) is 81.7 Å². The van der Waals surface area contributed by atoms with Gasteiger partial charge in [0.25, 0.3) is 0 Å². The molecule has 0 bridgehead atoms. The van der Waals surface area contributed by atoms with E-state index in [2.05, 4.69) is 16.0 Å². The Bertz CT molecular complexity index is 723. The third-order valence-corrected chi connectivity index (χ3v) is 7.45. The summed E-state index contributed by atoms with van der Waals surface area (Å²) in [5.41, 5.74) is -2.59. The maximum atomic E-state index is 12.6. The molecule has 0 aliphatic heterocycles. The Morgan fingerprint density at radius 3 is 1.91 bits per heavy atom. The molecule has 11 heteroatoms. The van der Waals surface area contributed by atoms with Gasteiger partial charge in [0.1, 0.15) is 6.04 Å². The van der Waals surface area contributed by atoms with Crippen LogP contribution in [0.5, 0.6) is 0 Å². The largest absolute Gasteiger partial charge is 0.481 e. The van der Waals surface area contributed by atoms with Crippen molar-refractivity contribution in [2.24, 2.45) is 10.8 Å². The minimum absolute atomic E-state index is 0.104. The van der Waals surface area contributed by atoms with Gasteiger partial charge in [-0.2, -0.15) is 0 Å². The summed E-state index contributed by atoms with van der Waals surface area (Å²) < 4.78 is 0. The minimum atomic E-state index is -1.43. The zero-order chi connectivity index (χ0) is 26.0. The molecule has 0 rings (SSSR count). The first-order valence-electron chi connectivity index (χ1n) is 11.0. The van der Waals surface area contributed by atoms with Crippen molar-refractivity contribution in [3.63, 3.8) is 0 Å². The normalized spacial score (nSPS) is 13.8. The lowest BCUT2D eigenvalue weighted by Gasteiger charge is -2.37. The molecule has 0 aromatic rings. The highest BCUT2D eigenvalue weighted by Gasteiger charge is 2.49. The number of carbonyl (C=O) groups is 5. The van der Waals surface area contributed by atoms with Crippen molar-refractivity contribution in [2.45, 2.75) is 71.9 Å². The summed E-state index contributed by atoms with van der Waals surface area (Å²) in [7, 11) is 1.09. The maximum Gasteiger partial charge on any atom is 0.326 e. The minimum Gasteiger partial charge on any atom is -0.481 e. The van der Waals surface area contributed by atoms with Crippen molar-refractivity contribution in [2.75, 3.05) is 26.9 Å². The number of amides is 2. The Balaban J connectivity index is 4.59. The molecule has 0 aliphatic rings. The molecular formula is C22H40N3O7P. The van der Waals surface area contributed by atoms with Crippen molar-refractivity contribution in [3.05, 3.63) is 0 Å². The van der Waals surface area contributed by atoms with Crippen molar-refractivity contribution >= 4 is 37.2 Å². The average Bonchev–Trinajstić information content (AvgIpc) is 2.72. The molecule has 0 saturated carbocycles. The Morgan fingerprint density at radius 2 is 1.45 bits per heavy atom. The molecule has 0 fully saturated rings. The predicted molar refractivity (Wildman–Crippen MR) is 127 cm³/mol. The van der Waals surface area contributed by atoms with Gasteiger partial charge in [-0.3, -0.25) is 19.2 Å². The molecular weight excluding hydrogens is 449 g/mol. The number of hydrogen-bond donors (Lipinski definition) is 5. The van der Waals surface area contributed by atoms with E-state index in [1.165, 1.54) is 27.7 Å². The first-order valence-corrected chi connectivity index (χ1v) is 13.3. The van der Waals surface area contributed by atoms with Gasteiger partial charge in [-0.1, -0.05) is 0 Å². The average molecular weight is 490 g/mol. The van der Waals surface area contributed by atoms with E-state index in [0.717, 1.165) is 6.42 Å². The summed E-state index contributed by atoms with van der Waals surface area (Å²) in [5, 5.41) is 26.9. The highest BCUT2D eigenvalue weighted by Crippen LogP contribution is 2.39. The number of likely N-dealkylation sites (N-methyl/N-ethyl adjacent to an activating group) is 1. The topological polar surface area (TPSA) is 162 Å². The first kappa shape index (κ1) is 30.9. The van der Waals surface area contributed by atoms with Crippen LogP contribution < -0.4 is 16.0 Å². The van der Waals surface area contributed by atoms with Crippen LogP contribution >= 0.6 is 7.92 Å². The molecule has 0 aliphatic carbocycles. The smallest absolute Gasteiger partial charge is 0.326 e. The van der Waals surface area contributed by atoms with Crippen LogP contribution in [0, 0.1) is 10.8 Å². The van der Waals surface area contributed by atoms with Gasteiger partial charge >= 0.3 is 11.9 Å². The summed E-state index contributed by atoms with van der Waals surface area (Å²) in [6.45, 7) is 9.92. The molecule has 0 spiro atoms. The fraction of sp³-hybridized carbons (Fsp3) is 0.773. The Labute approximate surface area is 197 Å². The molecule has 2 amide bonds. The van der Waals surface area contributed by atoms with E-state index in [4.69, 9.17) is 0 Å². The van der Waals surface area contributed by atoms with Gasteiger partial charge in [-0.15, -0.1) is 0 Å². The van der Waals surface area contributed by atoms with Crippen molar-refractivity contribution in [3.8, 4) is 0 Å². The van der Waals surface area contributed by atoms with E-state index in [1.54, 1.807) is 7.05 Å². The highest BCUT2D eigenvalue weighted by atomic mass is 31.1. The lowest BCUT2D eigenvalue weighted by atomic mass is 9.67. The third kappa shape index (κ3) is 9.37. The lowest BCUT2D eigenvalue weighted by molar-refractivity contribution is -0.160. The summed E-state index contributed by atoms with van der Waals surface area (Å²) in [4.78, 5) is 59.8. The Morgan fingerprint density at radius 1 is 0.879 bits per heavy atom. The van der Waals surface area contributed by atoms with E-state index < -0.39 is 42.6 Å². The molecule has 190 valence electrons. The number of hydrogen-bond acceptors (Lipinski definition) is 6. The van der Waals surface area contributed by atoms with Crippen LogP contribution in [0.25, 0.3) is 0 Å². The number of carboxylic acids is 2. The second kappa shape index (κ2) is 13.6. The second-order valence-electron chi connectivity index (χ2n) is 9.38. The molecule has 0 aromatic carbocycles. The molecule has 33 heavy (non-hydrogen) atoms. The van der Waals surface area contributed by atoms with Crippen molar-refractivity contribution in [1.29, 1.82) is 0 Å². The van der Waals surface area contributed by atoms with Crippen LogP contribution in [0.4, 0.5) is 0 Å². The molecule has 0 radical (unpaired) electrons. The zero-order valence-electron chi connectivity index (χ0n) is 20.8. The number of nitrogens with one attached hydrogen (secondary N) is 3. The van der Waals surface area contributed by atoms with E-state index in [1.807, 2.05) is 13.3 Å². The molecule has 2 atom stereocenters. The van der Waals surface area contributed by atoms with Crippen LogP contribution in [0.15, 0.2) is 0 Å². The maximum absolute atomic E-state index is 12.6. The number of carboxylic acid groups (broad SMARTS) is 2. The van der Waals surface area contributed by atoms with Gasteiger partial charge in [0.15, 0.2) is 5.52 Å². The highest BCUT2D eigenvalue weighted by molar-refractivity contribution is 7.73. The molecule has 0 heterocycles. The molecule has 10 nitrogen and oxygen atoms in total. The van der Waals surface area contributed by atoms with Crippen molar-refractivity contribution < 1.29 is 34.2 Å². The van der Waals surface area contributed by atoms with Gasteiger partial charge in [0, 0.05) is 13.0 Å². The Hall–Kier alpha value is -2.06. The lowest BCUT2D eigenvalue weighted by Crippen LogP contribution is -2.54. The zero-order valence-corrected chi connectivity index (χ0v) is 21.7. The summed E-state index contributed by atoms with van der Waals surface area (Å²) in [6.07, 6.45) is 1.89. The third-order valence-electron chi connectivity index (χ3n) is 6.26. The van der Waals surface area contributed by atoms with Gasteiger partial charge in [0.2, 0.25) is 11.8 Å². The number of rotatable bonds is 16. The molecule has 0 aromatic heterocycles. The first-order chi connectivity index (χ1) is 15.1. The fourth-order valence-corrected chi connectivity index (χ4v) is 3.80. The molecule has 0 unspecified atom stereocenters. The standard InChI is InChI=1S/C22H40N3O7P/c1-21(2,22(3,4)20(31)32)19(30)25-14(17(27)28)11-12-16(26)24-13-9-8-10-15(23-5)18(29)33(6)7/h14-15,23H,8-13H2,1-7H3,(H,24,26)(H,25,30)(H,27,28)(H,31,32)/t14-,15+/m0/s1. The van der Waals surface area contributed by atoms with Crippen LogP contribution in [0.2, 0.25) is 0 Å². The number of aliphatic carboxylic acids is 2. The van der Waals surface area contributed by atoms with Crippen LogP contribution in [-0.4, -0.2) is 78.5 Å². The summed E-state index contributed by atoms with van der Waals surface area (Å²) in [5.74, 6) is -3.52. The molecule has 0 saturated heterocycles. The second-order valence-corrected chi connectivity index (χ2v) is 11.6. The summed E-state index contributed by atoms with van der Waals surface area (Å²) >= 11 is 0. The number of carbonyl (C=O) groups excluding carboxylic acids is 3. The van der Waals surface area contributed by atoms with E-state index >= 15 is 0 Å².